The molecule has 1 aliphatic carbocycles. The Hall–Kier alpha value is -2.84. The van der Waals surface area contributed by atoms with Crippen LogP contribution >= 0.6 is 0 Å². The van der Waals surface area contributed by atoms with E-state index in [0.717, 1.165) is 19.3 Å². The van der Waals surface area contributed by atoms with Gasteiger partial charge >= 0.3 is 12.1 Å². The SMILES string of the molecule is O=C(NC1CCC1)c1ccc(-n2ncc(C(=O)O)c2C(F)(F)F)cc1. The van der Waals surface area contributed by atoms with E-state index in [2.05, 4.69) is 10.4 Å². The van der Waals surface area contributed by atoms with E-state index in [1.807, 2.05) is 0 Å². The van der Waals surface area contributed by atoms with Crippen molar-refractivity contribution in [3.63, 3.8) is 0 Å². The van der Waals surface area contributed by atoms with E-state index in [0.29, 0.717) is 16.4 Å². The third kappa shape index (κ3) is 3.35. The van der Waals surface area contributed by atoms with Crippen molar-refractivity contribution < 1.29 is 27.9 Å². The standard InChI is InChI=1S/C16H14F3N3O3/c17-16(18,19)13-12(15(24)25)8-20-22(13)11-6-4-9(5-7-11)14(23)21-10-2-1-3-10/h4-8,10H,1-3H2,(H,21,23)(H,24,25). The van der Waals surface area contributed by atoms with Gasteiger partial charge in [0, 0.05) is 11.6 Å². The summed E-state index contributed by atoms with van der Waals surface area (Å²) in [6.07, 6.45) is -1.32. The van der Waals surface area contributed by atoms with Gasteiger partial charge in [0.05, 0.1) is 11.9 Å². The molecular formula is C16H14F3N3O3. The van der Waals surface area contributed by atoms with Crippen molar-refractivity contribution in [3.8, 4) is 5.69 Å². The second-order valence-electron chi connectivity index (χ2n) is 5.77. The number of carboxylic acids is 1. The quantitative estimate of drug-likeness (QED) is 0.885. The topological polar surface area (TPSA) is 84.2 Å². The summed E-state index contributed by atoms with van der Waals surface area (Å²) in [5, 5.41) is 15.3. The molecule has 0 atom stereocenters. The molecule has 1 aliphatic rings. The molecule has 2 N–H and O–H groups in total. The molecule has 2 aromatic rings. The summed E-state index contributed by atoms with van der Waals surface area (Å²) in [6.45, 7) is 0. The molecule has 0 saturated heterocycles. The van der Waals surface area contributed by atoms with Crippen LogP contribution in [0, 0.1) is 0 Å². The van der Waals surface area contributed by atoms with E-state index in [4.69, 9.17) is 5.11 Å². The number of nitrogens with zero attached hydrogens (tertiary/aromatic N) is 2. The molecule has 132 valence electrons. The zero-order valence-electron chi connectivity index (χ0n) is 12.9. The van der Waals surface area contributed by atoms with Crippen molar-refractivity contribution in [1.29, 1.82) is 0 Å². The van der Waals surface area contributed by atoms with Crippen LogP contribution in [0.3, 0.4) is 0 Å². The Bertz CT molecular complexity index is 808. The summed E-state index contributed by atoms with van der Waals surface area (Å²) < 4.78 is 40.1. The van der Waals surface area contributed by atoms with E-state index in [-0.39, 0.29) is 17.6 Å². The van der Waals surface area contributed by atoms with Crippen LogP contribution in [0.15, 0.2) is 30.5 Å². The smallest absolute Gasteiger partial charge is 0.434 e. The summed E-state index contributed by atoms with van der Waals surface area (Å²) in [5.74, 6) is -2.01. The normalized spacial score (nSPS) is 14.8. The zero-order valence-corrected chi connectivity index (χ0v) is 12.9. The van der Waals surface area contributed by atoms with Crippen LogP contribution in [-0.2, 0) is 6.18 Å². The highest BCUT2D eigenvalue weighted by Crippen LogP contribution is 2.33. The minimum absolute atomic E-state index is 0.0139. The number of carbonyl (C=O) groups is 2. The maximum Gasteiger partial charge on any atom is 0.434 e. The van der Waals surface area contributed by atoms with Crippen LogP contribution in [0.4, 0.5) is 13.2 Å². The van der Waals surface area contributed by atoms with Crippen LogP contribution in [-0.4, -0.2) is 32.8 Å². The van der Waals surface area contributed by atoms with Gasteiger partial charge in [-0.15, -0.1) is 0 Å². The zero-order chi connectivity index (χ0) is 18.2. The van der Waals surface area contributed by atoms with Gasteiger partial charge < -0.3 is 10.4 Å². The number of hydrogen-bond donors (Lipinski definition) is 2. The molecule has 25 heavy (non-hydrogen) atoms. The van der Waals surface area contributed by atoms with Crippen LogP contribution in [0.1, 0.15) is 45.7 Å². The molecule has 0 bridgehead atoms. The van der Waals surface area contributed by atoms with Gasteiger partial charge in [0.1, 0.15) is 5.56 Å². The van der Waals surface area contributed by atoms with Crippen molar-refractivity contribution >= 4 is 11.9 Å². The van der Waals surface area contributed by atoms with Crippen LogP contribution in [0.25, 0.3) is 5.69 Å². The third-order valence-corrected chi connectivity index (χ3v) is 4.08. The monoisotopic (exact) mass is 353 g/mol. The van der Waals surface area contributed by atoms with Gasteiger partial charge in [-0.2, -0.15) is 18.3 Å². The fourth-order valence-corrected chi connectivity index (χ4v) is 2.55. The van der Waals surface area contributed by atoms with Crippen LogP contribution < -0.4 is 5.32 Å². The summed E-state index contributed by atoms with van der Waals surface area (Å²) in [5.41, 5.74) is -1.97. The number of carbonyl (C=O) groups excluding carboxylic acids is 1. The van der Waals surface area contributed by atoms with Crippen molar-refractivity contribution in [2.75, 3.05) is 0 Å². The van der Waals surface area contributed by atoms with Crippen molar-refractivity contribution in [2.45, 2.75) is 31.5 Å². The molecule has 0 unspecified atom stereocenters. The number of amides is 1. The summed E-state index contributed by atoms with van der Waals surface area (Å²) >= 11 is 0. The highest BCUT2D eigenvalue weighted by Gasteiger charge is 2.40. The fourth-order valence-electron chi connectivity index (χ4n) is 2.55. The first-order chi connectivity index (χ1) is 11.8. The molecule has 1 aromatic carbocycles. The molecule has 1 heterocycles. The molecule has 3 rings (SSSR count). The predicted octanol–water partition coefficient (Wildman–Crippen LogP) is 2.87. The molecule has 0 radical (unpaired) electrons. The van der Waals surface area contributed by atoms with E-state index in [9.17, 15) is 22.8 Å². The van der Waals surface area contributed by atoms with Crippen molar-refractivity contribution in [3.05, 3.63) is 47.3 Å². The number of benzene rings is 1. The Morgan fingerprint density at radius 2 is 1.84 bits per heavy atom. The summed E-state index contributed by atoms with van der Waals surface area (Å²) in [6, 6.07) is 5.50. The lowest BCUT2D eigenvalue weighted by atomic mass is 9.93. The predicted molar refractivity (Wildman–Crippen MR) is 80.6 cm³/mol. The fraction of sp³-hybridized carbons (Fsp3) is 0.312. The minimum Gasteiger partial charge on any atom is -0.478 e. The molecule has 9 heteroatoms. The van der Waals surface area contributed by atoms with Gasteiger partial charge in [-0.1, -0.05) is 0 Å². The largest absolute Gasteiger partial charge is 0.478 e. The van der Waals surface area contributed by atoms with E-state index < -0.39 is 23.4 Å². The summed E-state index contributed by atoms with van der Waals surface area (Å²) in [7, 11) is 0. The van der Waals surface area contributed by atoms with Gasteiger partial charge in [-0.25, -0.2) is 9.48 Å². The number of nitrogens with one attached hydrogen (secondary N) is 1. The lowest BCUT2D eigenvalue weighted by Crippen LogP contribution is -2.39. The molecule has 1 fully saturated rings. The molecule has 0 aliphatic heterocycles. The first-order valence-electron chi connectivity index (χ1n) is 7.57. The van der Waals surface area contributed by atoms with Crippen LogP contribution in [0.2, 0.25) is 0 Å². The number of halogens is 3. The Labute approximate surface area is 140 Å². The maximum absolute atomic E-state index is 13.2. The lowest BCUT2D eigenvalue weighted by Gasteiger charge is -2.26. The average Bonchev–Trinajstić information content (AvgIpc) is 2.96. The molecule has 1 aromatic heterocycles. The van der Waals surface area contributed by atoms with Gasteiger partial charge in [0.15, 0.2) is 5.69 Å². The highest BCUT2D eigenvalue weighted by molar-refractivity contribution is 5.94. The van der Waals surface area contributed by atoms with E-state index in [1.165, 1.54) is 24.3 Å². The number of aromatic carboxylic acids is 1. The number of carboxylic acid groups (broad SMARTS) is 1. The Morgan fingerprint density at radius 1 is 1.20 bits per heavy atom. The molecule has 6 nitrogen and oxygen atoms in total. The lowest BCUT2D eigenvalue weighted by molar-refractivity contribution is -0.143. The van der Waals surface area contributed by atoms with Gasteiger partial charge in [-0.05, 0) is 43.5 Å². The first kappa shape index (κ1) is 17.0. The first-order valence-corrected chi connectivity index (χ1v) is 7.57. The average molecular weight is 353 g/mol. The van der Waals surface area contributed by atoms with Gasteiger partial charge in [0.2, 0.25) is 0 Å². The second-order valence-corrected chi connectivity index (χ2v) is 5.77. The van der Waals surface area contributed by atoms with Gasteiger partial charge in [-0.3, -0.25) is 4.79 Å². The number of aromatic nitrogens is 2. The number of alkyl halides is 3. The molecular weight excluding hydrogens is 339 g/mol. The Balaban J connectivity index is 1.90. The van der Waals surface area contributed by atoms with Crippen LogP contribution in [0.5, 0.6) is 0 Å². The van der Waals surface area contributed by atoms with E-state index >= 15 is 0 Å². The Kier molecular flexibility index (Phi) is 4.23. The number of rotatable bonds is 4. The van der Waals surface area contributed by atoms with E-state index in [1.54, 1.807) is 0 Å². The molecule has 1 saturated carbocycles. The molecule has 0 spiro atoms. The highest BCUT2D eigenvalue weighted by atomic mass is 19.4. The van der Waals surface area contributed by atoms with Gasteiger partial charge in [0.25, 0.3) is 5.91 Å². The van der Waals surface area contributed by atoms with Crippen molar-refractivity contribution in [2.24, 2.45) is 0 Å². The Morgan fingerprint density at radius 3 is 2.32 bits per heavy atom. The third-order valence-electron chi connectivity index (χ3n) is 4.08. The number of hydrogen-bond acceptors (Lipinski definition) is 3. The van der Waals surface area contributed by atoms with Crippen molar-refractivity contribution in [1.82, 2.24) is 15.1 Å². The summed E-state index contributed by atoms with van der Waals surface area (Å²) in [4.78, 5) is 23.0. The minimum atomic E-state index is -4.88. The maximum atomic E-state index is 13.2. The second kappa shape index (κ2) is 6.23. The molecule has 1 amide bonds.